The molecule has 6 heteroatoms. The van der Waals surface area contributed by atoms with Crippen molar-refractivity contribution in [3.63, 3.8) is 0 Å². The SMILES string of the molecule is O=[P+](OC=CC(O)c1ccccc1)OC=CC(O)c1ccccc1. The average Bonchev–Trinajstić information content (AvgIpc) is 2.63. The van der Waals surface area contributed by atoms with Crippen LogP contribution in [0.4, 0.5) is 0 Å². The molecule has 0 radical (unpaired) electrons. The first kappa shape index (κ1) is 17.9. The van der Waals surface area contributed by atoms with Gasteiger partial charge in [-0.05, 0) is 23.3 Å². The van der Waals surface area contributed by atoms with E-state index in [2.05, 4.69) is 0 Å². The molecule has 0 aliphatic heterocycles. The second-order valence-electron chi connectivity index (χ2n) is 4.80. The highest BCUT2D eigenvalue weighted by atomic mass is 31.1. The van der Waals surface area contributed by atoms with Crippen molar-refractivity contribution in [3.05, 3.63) is 96.5 Å². The van der Waals surface area contributed by atoms with Crippen LogP contribution in [0.5, 0.6) is 0 Å². The quantitative estimate of drug-likeness (QED) is 0.555. The fourth-order valence-electron chi connectivity index (χ4n) is 1.87. The first-order valence-corrected chi connectivity index (χ1v) is 8.36. The Labute approximate surface area is 141 Å². The first-order valence-electron chi connectivity index (χ1n) is 7.27. The van der Waals surface area contributed by atoms with Gasteiger partial charge in [-0.2, -0.15) is 0 Å². The van der Waals surface area contributed by atoms with Crippen molar-refractivity contribution in [1.82, 2.24) is 0 Å². The lowest BCUT2D eigenvalue weighted by atomic mass is 10.1. The summed E-state index contributed by atoms with van der Waals surface area (Å²) < 4.78 is 21.2. The van der Waals surface area contributed by atoms with Gasteiger partial charge in [-0.15, -0.1) is 0 Å². The molecule has 0 amide bonds. The molecule has 0 saturated carbocycles. The molecule has 2 N–H and O–H groups in total. The predicted octanol–water partition coefficient (Wildman–Crippen LogP) is 4.17. The van der Waals surface area contributed by atoms with Crippen LogP contribution < -0.4 is 0 Å². The van der Waals surface area contributed by atoms with Crippen molar-refractivity contribution < 1.29 is 23.8 Å². The van der Waals surface area contributed by atoms with Gasteiger partial charge in [0.25, 0.3) is 0 Å². The molecule has 0 spiro atoms. The summed E-state index contributed by atoms with van der Waals surface area (Å²) in [5.41, 5.74) is 1.39. The van der Waals surface area contributed by atoms with Crippen LogP contribution in [0, 0.1) is 0 Å². The Morgan fingerprint density at radius 3 is 1.50 bits per heavy atom. The van der Waals surface area contributed by atoms with Crippen LogP contribution in [0.3, 0.4) is 0 Å². The maximum atomic E-state index is 11.5. The Morgan fingerprint density at radius 1 is 0.750 bits per heavy atom. The van der Waals surface area contributed by atoms with Gasteiger partial charge in [0.05, 0.1) is 0 Å². The van der Waals surface area contributed by atoms with Crippen molar-refractivity contribution in [2.45, 2.75) is 12.2 Å². The molecule has 0 fully saturated rings. The molecule has 24 heavy (non-hydrogen) atoms. The highest BCUT2D eigenvalue weighted by Gasteiger charge is 2.18. The van der Waals surface area contributed by atoms with E-state index >= 15 is 0 Å². The molecule has 124 valence electrons. The molecule has 0 saturated heterocycles. The van der Waals surface area contributed by atoms with E-state index in [0.29, 0.717) is 11.1 Å². The second-order valence-corrected chi connectivity index (χ2v) is 5.67. The Kier molecular flexibility index (Phi) is 7.18. The smallest absolute Gasteiger partial charge is 0.384 e. The summed E-state index contributed by atoms with van der Waals surface area (Å²) in [4.78, 5) is 0. The maximum Gasteiger partial charge on any atom is 0.804 e. The van der Waals surface area contributed by atoms with Crippen molar-refractivity contribution in [3.8, 4) is 0 Å². The second kappa shape index (κ2) is 9.63. The van der Waals surface area contributed by atoms with Crippen LogP contribution in [0.1, 0.15) is 23.3 Å². The summed E-state index contributed by atoms with van der Waals surface area (Å²) in [5.74, 6) is 0. The number of benzene rings is 2. The van der Waals surface area contributed by atoms with E-state index in [1.807, 2.05) is 12.1 Å². The molecule has 2 atom stereocenters. The van der Waals surface area contributed by atoms with Crippen LogP contribution in [0.2, 0.25) is 0 Å². The van der Waals surface area contributed by atoms with Crippen LogP contribution in [0.25, 0.3) is 0 Å². The van der Waals surface area contributed by atoms with Crippen LogP contribution in [-0.4, -0.2) is 10.2 Å². The van der Waals surface area contributed by atoms with Gasteiger partial charge in [0.2, 0.25) is 0 Å². The molecule has 0 bridgehead atoms. The molecule has 2 unspecified atom stereocenters. The Balaban J connectivity index is 1.75. The fraction of sp³-hybridized carbons (Fsp3) is 0.111. The number of aliphatic hydroxyl groups excluding tert-OH is 2. The average molecular weight is 345 g/mol. The van der Waals surface area contributed by atoms with Gasteiger partial charge in [0, 0.05) is 4.57 Å². The molecule has 0 aromatic heterocycles. The Hall–Kier alpha value is -2.46. The zero-order valence-corrected chi connectivity index (χ0v) is 13.7. The van der Waals surface area contributed by atoms with Crippen LogP contribution in [-0.2, 0) is 13.6 Å². The normalized spacial score (nSPS) is 14.5. The molecule has 2 aromatic carbocycles. The van der Waals surface area contributed by atoms with Crippen molar-refractivity contribution >= 4 is 8.25 Å². The topological polar surface area (TPSA) is 76.0 Å². The summed E-state index contributed by atoms with van der Waals surface area (Å²) in [6, 6.07) is 18.0. The number of rotatable bonds is 8. The zero-order chi connectivity index (χ0) is 17.2. The summed E-state index contributed by atoms with van der Waals surface area (Å²) in [7, 11) is -2.43. The lowest BCUT2D eigenvalue weighted by Gasteiger charge is -2.03. The summed E-state index contributed by atoms with van der Waals surface area (Å²) in [6.07, 6.45) is 3.24. The van der Waals surface area contributed by atoms with E-state index < -0.39 is 20.5 Å². The van der Waals surface area contributed by atoms with Gasteiger partial charge in [-0.3, -0.25) is 0 Å². The number of hydrogen-bond donors (Lipinski definition) is 2. The van der Waals surface area contributed by atoms with Crippen molar-refractivity contribution in [2.24, 2.45) is 0 Å². The molecule has 2 rings (SSSR count). The van der Waals surface area contributed by atoms with E-state index in [-0.39, 0.29) is 0 Å². The van der Waals surface area contributed by atoms with E-state index in [4.69, 9.17) is 9.05 Å². The van der Waals surface area contributed by atoms with Crippen LogP contribution in [0.15, 0.2) is 85.3 Å². The molecular formula is C18H18O5P+. The third-order valence-electron chi connectivity index (χ3n) is 3.10. The lowest BCUT2D eigenvalue weighted by molar-refractivity contribution is 0.223. The molecule has 0 aliphatic carbocycles. The number of aliphatic hydroxyl groups is 2. The third-order valence-corrected chi connectivity index (χ3v) is 3.69. The zero-order valence-electron chi connectivity index (χ0n) is 12.8. The van der Waals surface area contributed by atoms with Gasteiger partial charge < -0.3 is 10.2 Å². The van der Waals surface area contributed by atoms with Gasteiger partial charge in [-0.25, -0.2) is 9.05 Å². The predicted molar refractivity (Wildman–Crippen MR) is 90.9 cm³/mol. The van der Waals surface area contributed by atoms with E-state index in [1.165, 1.54) is 12.2 Å². The largest absolute Gasteiger partial charge is 0.804 e. The van der Waals surface area contributed by atoms with Crippen molar-refractivity contribution in [1.29, 1.82) is 0 Å². The highest BCUT2D eigenvalue weighted by Crippen LogP contribution is 2.26. The summed E-state index contributed by atoms with van der Waals surface area (Å²) in [5, 5.41) is 19.7. The minimum Gasteiger partial charge on any atom is -0.384 e. The van der Waals surface area contributed by atoms with Crippen LogP contribution >= 0.6 is 8.25 Å². The molecule has 0 heterocycles. The standard InChI is InChI=1S/C18H18O5P/c19-17(15-7-3-1-4-8-15)11-13-22-24(21)23-14-12-18(20)16-9-5-2-6-10-16/h1-14,17-20H/q+1. The highest BCUT2D eigenvalue weighted by molar-refractivity contribution is 7.33. The van der Waals surface area contributed by atoms with Gasteiger partial charge in [0.15, 0.2) is 12.5 Å². The monoisotopic (exact) mass is 345 g/mol. The van der Waals surface area contributed by atoms with Crippen molar-refractivity contribution in [2.75, 3.05) is 0 Å². The molecule has 2 aromatic rings. The Bertz CT molecular complexity index is 626. The molecule has 0 aliphatic rings. The molecule has 5 nitrogen and oxygen atoms in total. The van der Waals surface area contributed by atoms with Gasteiger partial charge >= 0.3 is 8.25 Å². The maximum absolute atomic E-state index is 11.5. The minimum atomic E-state index is -2.43. The van der Waals surface area contributed by atoms with E-state index in [9.17, 15) is 14.8 Å². The lowest BCUT2D eigenvalue weighted by Crippen LogP contribution is -1.92. The first-order chi connectivity index (χ1) is 11.7. The summed E-state index contributed by atoms with van der Waals surface area (Å²) in [6.45, 7) is 0. The summed E-state index contributed by atoms with van der Waals surface area (Å²) >= 11 is 0. The third kappa shape index (κ3) is 5.97. The number of hydrogen-bond acceptors (Lipinski definition) is 5. The Morgan fingerprint density at radius 2 is 1.12 bits per heavy atom. The fourth-order valence-corrected chi connectivity index (χ4v) is 2.25. The minimum absolute atomic E-state index is 0.694. The van der Waals surface area contributed by atoms with Gasteiger partial charge in [0.1, 0.15) is 12.2 Å². The van der Waals surface area contributed by atoms with E-state index in [1.54, 1.807) is 48.5 Å². The van der Waals surface area contributed by atoms with E-state index in [0.717, 1.165) is 12.5 Å². The molecular weight excluding hydrogens is 327 g/mol. The van der Waals surface area contributed by atoms with Gasteiger partial charge in [-0.1, -0.05) is 60.7 Å².